The molecular formula is C31H29NO3. The van der Waals surface area contributed by atoms with Gasteiger partial charge < -0.3 is 9.84 Å². The molecule has 4 aromatic rings. The summed E-state index contributed by atoms with van der Waals surface area (Å²) in [7, 11) is 0. The van der Waals surface area contributed by atoms with Crippen LogP contribution in [-0.4, -0.2) is 16.8 Å². The first-order chi connectivity index (χ1) is 17.0. The van der Waals surface area contributed by atoms with E-state index < -0.39 is 23.2 Å². The first kappa shape index (κ1) is 23.0. The Hall–Kier alpha value is -3.73. The number of hydrogen-bond donors (Lipinski definition) is 2. The fourth-order valence-electron chi connectivity index (χ4n) is 4.99. The molecule has 4 aromatic carbocycles. The van der Waals surface area contributed by atoms with Crippen LogP contribution in [0.5, 0.6) is 0 Å². The quantitative estimate of drug-likeness (QED) is 0.275. The van der Waals surface area contributed by atoms with E-state index in [4.69, 9.17) is 4.74 Å². The third kappa shape index (κ3) is 3.85. The number of fused-ring (bicyclic) bond motifs is 3. The lowest BCUT2D eigenvalue weighted by atomic mass is 9.78. The average Bonchev–Trinajstić information content (AvgIpc) is 3.19. The topological polar surface area (TPSA) is 58.6 Å². The first-order valence-corrected chi connectivity index (χ1v) is 11.9. The molecule has 4 nitrogen and oxygen atoms in total. The van der Waals surface area contributed by atoms with Crippen molar-refractivity contribution in [3.63, 3.8) is 0 Å². The maximum absolute atomic E-state index is 13.5. The average molecular weight is 464 g/mol. The minimum absolute atomic E-state index is 0.0852. The molecule has 0 amide bonds. The van der Waals surface area contributed by atoms with Gasteiger partial charge in [-0.2, -0.15) is 0 Å². The van der Waals surface area contributed by atoms with Gasteiger partial charge in [0.25, 0.3) is 0 Å². The number of carbonyl (C=O) groups excluding carboxylic acids is 1. The van der Waals surface area contributed by atoms with E-state index in [1.165, 1.54) is 0 Å². The van der Waals surface area contributed by atoms with E-state index in [9.17, 15) is 9.90 Å². The van der Waals surface area contributed by atoms with Crippen LogP contribution in [0.2, 0.25) is 0 Å². The largest absolute Gasteiger partial charge is 0.458 e. The van der Waals surface area contributed by atoms with Gasteiger partial charge in [0.05, 0.1) is 5.54 Å². The van der Waals surface area contributed by atoms with Crippen LogP contribution in [0, 0.1) is 5.92 Å². The molecule has 0 radical (unpaired) electrons. The highest BCUT2D eigenvalue weighted by atomic mass is 16.6. The van der Waals surface area contributed by atoms with E-state index >= 15 is 0 Å². The van der Waals surface area contributed by atoms with Crippen LogP contribution in [0.15, 0.2) is 109 Å². The van der Waals surface area contributed by atoms with Gasteiger partial charge in [0.2, 0.25) is 5.72 Å². The van der Waals surface area contributed by atoms with Crippen molar-refractivity contribution in [1.29, 1.82) is 0 Å². The van der Waals surface area contributed by atoms with Crippen molar-refractivity contribution in [2.24, 2.45) is 5.92 Å². The number of rotatable bonds is 7. The van der Waals surface area contributed by atoms with Gasteiger partial charge in [-0.3, -0.25) is 5.32 Å². The lowest BCUT2D eigenvalue weighted by Gasteiger charge is -2.42. The van der Waals surface area contributed by atoms with Crippen molar-refractivity contribution in [3.8, 4) is 11.1 Å². The third-order valence-electron chi connectivity index (χ3n) is 6.90. The zero-order valence-electron chi connectivity index (χ0n) is 19.9. The number of benzene rings is 4. The van der Waals surface area contributed by atoms with Crippen molar-refractivity contribution in [2.75, 3.05) is 0 Å². The molecule has 176 valence electrons. The molecule has 1 aliphatic rings. The van der Waals surface area contributed by atoms with Crippen LogP contribution in [0.1, 0.15) is 36.1 Å². The Balaban J connectivity index is 1.64. The van der Waals surface area contributed by atoms with Crippen LogP contribution in [0.3, 0.4) is 0 Å². The Labute approximate surface area is 206 Å². The fraction of sp³-hybridized carbons (Fsp3) is 0.194. The second-order valence-electron chi connectivity index (χ2n) is 9.32. The molecule has 0 saturated heterocycles. The first-order valence-electron chi connectivity index (χ1n) is 11.9. The number of ether oxygens (including phenoxy) is 1. The summed E-state index contributed by atoms with van der Waals surface area (Å²) in [6, 6.07) is 35.8. The summed E-state index contributed by atoms with van der Waals surface area (Å²) in [6.45, 7) is 3.73. The number of carbonyl (C=O) groups is 1. The maximum Gasteiger partial charge on any atom is 0.354 e. The van der Waals surface area contributed by atoms with Crippen molar-refractivity contribution < 1.29 is 14.6 Å². The molecule has 35 heavy (non-hydrogen) atoms. The molecule has 0 heterocycles. The van der Waals surface area contributed by atoms with Gasteiger partial charge in [0.1, 0.15) is 6.61 Å². The zero-order chi connectivity index (χ0) is 24.5. The van der Waals surface area contributed by atoms with Crippen molar-refractivity contribution in [1.82, 2.24) is 5.32 Å². The van der Waals surface area contributed by atoms with E-state index in [1.54, 1.807) is 0 Å². The lowest BCUT2D eigenvalue weighted by Crippen LogP contribution is -2.64. The summed E-state index contributed by atoms with van der Waals surface area (Å²) in [6.07, 6.45) is 0. The highest BCUT2D eigenvalue weighted by Gasteiger charge is 2.53. The Bertz CT molecular complexity index is 1290. The summed E-state index contributed by atoms with van der Waals surface area (Å²) in [5, 5.41) is 15.4. The second-order valence-corrected chi connectivity index (χ2v) is 9.32. The maximum atomic E-state index is 13.5. The van der Waals surface area contributed by atoms with E-state index in [2.05, 4.69) is 29.6 Å². The molecule has 1 aliphatic carbocycles. The number of esters is 1. The fourth-order valence-corrected chi connectivity index (χ4v) is 4.99. The standard InChI is InChI=1S/C31H29NO3/c1-22(2)31(34,29(33)35-21-23-13-5-3-6-14-23)32-30(24-15-7-4-8-16-24)27-19-11-9-17-25(27)26-18-10-12-20-28(26)30/h3-20,22,32,34H,21H2,1-2H3. The molecule has 2 N–H and O–H groups in total. The van der Waals surface area contributed by atoms with Crippen LogP contribution in [-0.2, 0) is 21.7 Å². The second kappa shape index (κ2) is 9.14. The van der Waals surface area contributed by atoms with Crippen molar-refractivity contribution in [2.45, 2.75) is 31.7 Å². The Morgan fingerprint density at radius 2 is 1.29 bits per heavy atom. The summed E-state index contributed by atoms with van der Waals surface area (Å²) in [4.78, 5) is 13.5. The number of hydrogen-bond acceptors (Lipinski definition) is 4. The molecule has 1 atom stereocenters. The minimum atomic E-state index is -1.95. The highest BCUT2D eigenvalue weighted by molar-refractivity contribution is 5.85. The lowest BCUT2D eigenvalue weighted by molar-refractivity contribution is -0.179. The summed E-state index contributed by atoms with van der Waals surface area (Å²) >= 11 is 0. The third-order valence-corrected chi connectivity index (χ3v) is 6.90. The van der Waals surface area contributed by atoms with Crippen LogP contribution in [0.4, 0.5) is 0 Å². The van der Waals surface area contributed by atoms with Crippen LogP contribution >= 0.6 is 0 Å². The SMILES string of the molecule is CC(C)C(O)(NC1(c2ccccc2)c2ccccc2-c2ccccc21)C(=O)OCc1ccccc1. The van der Waals surface area contributed by atoms with E-state index in [-0.39, 0.29) is 6.61 Å². The zero-order valence-corrected chi connectivity index (χ0v) is 19.9. The van der Waals surface area contributed by atoms with Crippen molar-refractivity contribution >= 4 is 5.97 Å². The summed E-state index contributed by atoms with van der Waals surface area (Å²) in [5.41, 5.74) is 3.03. The van der Waals surface area contributed by atoms with E-state index in [0.29, 0.717) is 0 Å². The highest BCUT2D eigenvalue weighted by Crippen LogP contribution is 2.51. The molecular weight excluding hydrogens is 434 g/mol. The molecule has 0 saturated carbocycles. The van der Waals surface area contributed by atoms with Crippen molar-refractivity contribution in [3.05, 3.63) is 131 Å². The van der Waals surface area contributed by atoms with Gasteiger partial charge in [-0.25, -0.2) is 4.79 Å². The van der Waals surface area contributed by atoms with Gasteiger partial charge in [0, 0.05) is 5.92 Å². The van der Waals surface area contributed by atoms with Gasteiger partial charge in [-0.15, -0.1) is 0 Å². The Morgan fingerprint density at radius 3 is 1.83 bits per heavy atom. The predicted octanol–water partition coefficient (Wildman–Crippen LogP) is 5.64. The van der Waals surface area contributed by atoms with Gasteiger partial charge in [-0.05, 0) is 33.4 Å². The van der Waals surface area contributed by atoms with Crippen LogP contribution in [0.25, 0.3) is 11.1 Å². The molecule has 4 heteroatoms. The Kier molecular flexibility index (Phi) is 6.01. The monoisotopic (exact) mass is 463 g/mol. The predicted molar refractivity (Wildman–Crippen MR) is 137 cm³/mol. The van der Waals surface area contributed by atoms with Gasteiger partial charge in [-0.1, -0.05) is 123 Å². The number of nitrogens with one attached hydrogen (secondary N) is 1. The molecule has 1 unspecified atom stereocenters. The molecule has 0 aromatic heterocycles. The normalized spacial score (nSPS) is 15.2. The van der Waals surface area contributed by atoms with Crippen LogP contribution < -0.4 is 5.32 Å². The Morgan fingerprint density at radius 1 is 0.800 bits per heavy atom. The summed E-state index contributed by atoms with van der Waals surface area (Å²) in [5.74, 6) is -1.17. The van der Waals surface area contributed by atoms with Gasteiger partial charge >= 0.3 is 5.97 Å². The smallest absolute Gasteiger partial charge is 0.354 e. The molecule has 0 fully saturated rings. The molecule has 0 bridgehead atoms. The van der Waals surface area contributed by atoms with Gasteiger partial charge in [0.15, 0.2) is 0 Å². The number of aliphatic hydroxyl groups is 1. The molecule has 0 aliphatic heterocycles. The molecule has 5 rings (SSSR count). The summed E-state index contributed by atoms with van der Waals surface area (Å²) < 4.78 is 5.67. The minimum Gasteiger partial charge on any atom is -0.458 e. The molecule has 0 spiro atoms. The van der Waals surface area contributed by atoms with E-state index in [1.807, 2.05) is 98.8 Å². The van der Waals surface area contributed by atoms with E-state index in [0.717, 1.165) is 33.4 Å².